The van der Waals surface area contributed by atoms with Gasteiger partial charge >= 0.3 is 5.97 Å². The molecular formula is C15H19Cl2NO3. The molecule has 1 N–H and O–H groups in total. The number of benzene rings is 1. The number of likely N-dealkylation sites (tertiary alicyclic amines) is 1. The normalized spacial score (nSPS) is 22.4. The number of hydrogen-bond acceptors (Lipinski definition) is 3. The van der Waals surface area contributed by atoms with E-state index in [4.69, 9.17) is 27.9 Å². The number of carboxylic acids is 1. The molecule has 1 fully saturated rings. The minimum absolute atomic E-state index is 0.399. The molecule has 0 saturated carbocycles. The predicted molar refractivity (Wildman–Crippen MR) is 83.4 cm³/mol. The summed E-state index contributed by atoms with van der Waals surface area (Å²) in [5.41, 5.74) is -0.743. The van der Waals surface area contributed by atoms with Crippen LogP contribution in [0, 0.1) is 0 Å². The van der Waals surface area contributed by atoms with Crippen molar-refractivity contribution in [3.05, 3.63) is 28.2 Å². The summed E-state index contributed by atoms with van der Waals surface area (Å²) in [7, 11) is 0. The van der Waals surface area contributed by atoms with Gasteiger partial charge < -0.3 is 9.84 Å². The molecule has 21 heavy (non-hydrogen) atoms. The van der Waals surface area contributed by atoms with E-state index < -0.39 is 11.5 Å². The lowest BCUT2D eigenvalue weighted by Crippen LogP contribution is -2.51. The van der Waals surface area contributed by atoms with Gasteiger partial charge in [0.2, 0.25) is 0 Å². The number of nitrogens with zero attached hydrogens (tertiary/aromatic N) is 1. The number of rotatable bonds is 6. The van der Waals surface area contributed by atoms with E-state index in [2.05, 4.69) is 0 Å². The van der Waals surface area contributed by atoms with Gasteiger partial charge in [-0.2, -0.15) is 0 Å². The van der Waals surface area contributed by atoms with Crippen molar-refractivity contribution in [2.24, 2.45) is 0 Å². The van der Waals surface area contributed by atoms with E-state index in [1.807, 2.05) is 11.8 Å². The first-order valence-corrected chi connectivity index (χ1v) is 7.81. The summed E-state index contributed by atoms with van der Waals surface area (Å²) in [6.45, 7) is 3.68. The van der Waals surface area contributed by atoms with Crippen LogP contribution in [0.15, 0.2) is 18.2 Å². The standard InChI is InChI=1S/C15H19Cl2NO3/c1-2-15(14(19)20)6-3-7-18(15)8-9-21-13-5-4-11(16)10-12(13)17/h4-5,10H,2-3,6-9H2,1H3,(H,19,20). The Morgan fingerprint density at radius 1 is 1.48 bits per heavy atom. The molecule has 0 radical (unpaired) electrons. The summed E-state index contributed by atoms with van der Waals surface area (Å²) in [5.74, 6) is -0.176. The predicted octanol–water partition coefficient (Wildman–Crippen LogP) is 3.70. The Morgan fingerprint density at radius 3 is 2.86 bits per heavy atom. The molecule has 6 heteroatoms. The Morgan fingerprint density at radius 2 is 2.24 bits per heavy atom. The molecule has 1 unspecified atom stereocenters. The second-order valence-corrected chi connectivity index (χ2v) is 6.05. The van der Waals surface area contributed by atoms with E-state index in [1.165, 1.54) is 0 Å². The summed E-state index contributed by atoms with van der Waals surface area (Å²) in [6.07, 6.45) is 2.20. The first kappa shape index (κ1) is 16.4. The van der Waals surface area contributed by atoms with Crippen molar-refractivity contribution in [1.29, 1.82) is 0 Å². The molecule has 1 heterocycles. The zero-order chi connectivity index (χ0) is 15.5. The van der Waals surface area contributed by atoms with Crippen molar-refractivity contribution < 1.29 is 14.6 Å². The SMILES string of the molecule is CCC1(C(=O)O)CCCN1CCOc1ccc(Cl)cc1Cl. The summed E-state index contributed by atoms with van der Waals surface area (Å²) in [5, 5.41) is 10.5. The average molecular weight is 332 g/mol. The number of carbonyl (C=O) groups is 1. The first-order chi connectivity index (χ1) is 9.99. The van der Waals surface area contributed by atoms with Crippen LogP contribution in [0.4, 0.5) is 0 Å². The number of hydrogen-bond donors (Lipinski definition) is 1. The Labute approximate surface area is 134 Å². The van der Waals surface area contributed by atoms with Crippen molar-refractivity contribution in [2.75, 3.05) is 19.7 Å². The Kier molecular flexibility index (Phi) is 5.36. The molecule has 4 nitrogen and oxygen atoms in total. The lowest BCUT2D eigenvalue weighted by atomic mass is 9.93. The van der Waals surface area contributed by atoms with Crippen LogP contribution < -0.4 is 4.74 Å². The number of halogens is 2. The molecule has 116 valence electrons. The number of carboxylic acid groups (broad SMARTS) is 1. The lowest BCUT2D eigenvalue weighted by molar-refractivity contribution is -0.150. The van der Waals surface area contributed by atoms with Crippen molar-refractivity contribution in [2.45, 2.75) is 31.7 Å². The van der Waals surface area contributed by atoms with Crippen molar-refractivity contribution in [1.82, 2.24) is 4.90 Å². The highest BCUT2D eigenvalue weighted by molar-refractivity contribution is 6.35. The summed E-state index contributed by atoms with van der Waals surface area (Å²) < 4.78 is 5.65. The van der Waals surface area contributed by atoms with Crippen molar-refractivity contribution >= 4 is 29.2 Å². The fourth-order valence-corrected chi connectivity index (χ4v) is 3.38. The van der Waals surface area contributed by atoms with Gasteiger partial charge in [0.1, 0.15) is 17.9 Å². The van der Waals surface area contributed by atoms with Gasteiger partial charge in [0, 0.05) is 11.6 Å². The third-order valence-corrected chi connectivity index (χ3v) is 4.65. The largest absolute Gasteiger partial charge is 0.491 e. The van der Waals surface area contributed by atoms with Crippen LogP contribution in [0.1, 0.15) is 26.2 Å². The van der Waals surface area contributed by atoms with Gasteiger partial charge in [0.25, 0.3) is 0 Å². The Balaban J connectivity index is 1.95. The lowest BCUT2D eigenvalue weighted by Gasteiger charge is -2.33. The molecule has 0 spiro atoms. The van der Waals surface area contributed by atoms with Gasteiger partial charge in [0.15, 0.2) is 0 Å². The smallest absolute Gasteiger partial charge is 0.324 e. The Bertz CT molecular complexity index is 524. The van der Waals surface area contributed by atoms with Gasteiger partial charge in [0.05, 0.1) is 5.02 Å². The molecule has 0 aromatic heterocycles. The van der Waals surface area contributed by atoms with E-state index in [1.54, 1.807) is 18.2 Å². The summed E-state index contributed by atoms with van der Waals surface area (Å²) in [4.78, 5) is 13.6. The molecule has 0 aliphatic carbocycles. The quantitative estimate of drug-likeness (QED) is 0.863. The first-order valence-electron chi connectivity index (χ1n) is 7.06. The molecule has 1 aromatic rings. The topological polar surface area (TPSA) is 49.8 Å². The summed E-state index contributed by atoms with van der Waals surface area (Å²) in [6, 6.07) is 5.06. The van der Waals surface area contributed by atoms with Gasteiger partial charge in [-0.25, -0.2) is 0 Å². The molecular weight excluding hydrogens is 313 g/mol. The second-order valence-electron chi connectivity index (χ2n) is 5.20. The van der Waals surface area contributed by atoms with Gasteiger partial charge in [-0.15, -0.1) is 0 Å². The second kappa shape index (κ2) is 6.86. The summed E-state index contributed by atoms with van der Waals surface area (Å²) >= 11 is 11.9. The van der Waals surface area contributed by atoms with Crippen LogP contribution in [0.3, 0.4) is 0 Å². The van der Waals surface area contributed by atoms with Crippen molar-refractivity contribution in [3.8, 4) is 5.75 Å². The monoisotopic (exact) mass is 331 g/mol. The zero-order valence-electron chi connectivity index (χ0n) is 11.9. The molecule has 1 aliphatic heterocycles. The van der Waals surface area contributed by atoms with Crippen LogP contribution in [0.25, 0.3) is 0 Å². The Hall–Kier alpha value is -0.970. The number of aliphatic carboxylic acids is 1. The molecule has 1 saturated heterocycles. The van der Waals surface area contributed by atoms with E-state index in [0.717, 1.165) is 13.0 Å². The van der Waals surface area contributed by atoms with E-state index in [0.29, 0.717) is 41.8 Å². The molecule has 0 bridgehead atoms. The zero-order valence-corrected chi connectivity index (χ0v) is 13.5. The third-order valence-electron chi connectivity index (χ3n) is 4.12. The molecule has 1 aliphatic rings. The maximum Gasteiger partial charge on any atom is 0.324 e. The molecule has 0 amide bonds. The van der Waals surface area contributed by atoms with E-state index >= 15 is 0 Å². The van der Waals surface area contributed by atoms with Crippen LogP contribution in [-0.4, -0.2) is 41.2 Å². The highest BCUT2D eigenvalue weighted by Gasteiger charge is 2.45. The van der Waals surface area contributed by atoms with Gasteiger partial charge in [-0.3, -0.25) is 9.69 Å². The molecule has 1 atom stereocenters. The van der Waals surface area contributed by atoms with Crippen LogP contribution in [0.2, 0.25) is 10.0 Å². The fourth-order valence-electron chi connectivity index (χ4n) is 2.91. The minimum Gasteiger partial charge on any atom is -0.491 e. The molecule has 2 rings (SSSR count). The van der Waals surface area contributed by atoms with Gasteiger partial charge in [-0.05, 0) is 44.0 Å². The average Bonchev–Trinajstić information content (AvgIpc) is 2.85. The van der Waals surface area contributed by atoms with E-state index in [9.17, 15) is 9.90 Å². The van der Waals surface area contributed by atoms with E-state index in [-0.39, 0.29) is 0 Å². The maximum absolute atomic E-state index is 11.6. The fraction of sp³-hybridized carbons (Fsp3) is 0.533. The minimum atomic E-state index is -0.743. The van der Waals surface area contributed by atoms with Crippen LogP contribution in [0.5, 0.6) is 5.75 Å². The third kappa shape index (κ3) is 3.44. The van der Waals surface area contributed by atoms with Gasteiger partial charge in [-0.1, -0.05) is 30.1 Å². The number of ether oxygens (including phenoxy) is 1. The van der Waals surface area contributed by atoms with Crippen molar-refractivity contribution in [3.63, 3.8) is 0 Å². The highest BCUT2D eigenvalue weighted by Crippen LogP contribution is 2.33. The van der Waals surface area contributed by atoms with Crippen LogP contribution >= 0.6 is 23.2 Å². The molecule has 1 aromatic carbocycles. The van der Waals surface area contributed by atoms with Crippen LogP contribution in [-0.2, 0) is 4.79 Å². The maximum atomic E-state index is 11.6. The highest BCUT2D eigenvalue weighted by atomic mass is 35.5.